The summed E-state index contributed by atoms with van der Waals surface area (Å²) in [7, 11) is 0. The molecule has 0 bridgehead atoms. The Kier molecular flexibility index (Phi) is 9.83. The Morgan fingerprint density at radius 3 is 2.67 bits per heavy atom. The molecular weight excluding hydrogens is 270 g/mol. The number of benzene rings is 1. The molecule has 5 heteroatoms. The summed E-state index contributed by atoms with van der Waals surface area (Å²) in [5, 5.41) is 0. The minimum absolute atomic E-state index is 0. The van der Waals surface area contributed by atoms with Crippen LogP contribution in [-0.2, 0) is 16.0 Å². The van der Waals surface area contributed by atoms with Crippen molar-refractivity contribution in [3.63, 3.8) is 0 Å². The van der Waals surface area contributed by atoms with E-state index >= 15 is 0 Å². The van der Waals surface area contributed by atoms with Crippen LogP contribution in [0.2, 0.25) is 0 Å². The lowest BCUT2D eigenvalue weighted by Gasteiger charge is -2.09. The molecule has 3 nitrogen and oxygen atoms in total. The Balaban J connectivity index is 0.00000289. The van der Waals surface area contributed by atoms with E-state index in [4.69, 9.17) is 10.5 Å². The number of aryl methyl sites for hydroxylation is 1. The first-order valence-corrected chi connectivity index (χ1v) is 6.93. The van der Waals surface area contributed by atoms with Gasteiger partial charge in [-0.25, -0.2) is 0 Å². The summed E-state index contributed by atoms with van der Waals surface area (Å²) in [6.07, 6.45) is 1.00. The van der Waals surface area contributed by atoms with Gasteiger partial charge >= 0.3 is 5.97 Å². The molecule has 0 aliphatic rings. The van der Waals surface area contributed by atoms with Crippen molar-refractivity contribution in [2.24, 2.45) is 5.73 Å². The van der Waals surface area contributed by atoms with Gasteiger partial charge in [0.1, 0.15) is 6.04 Å². The predicted octanol–water partition coefficient (Wildman–Crippen LogP) is 2.27. The van der Waals surface area contributed by atoms with Crippen molar-refractivity contribution >= 4 is 30.1 Å². The number of carbonyl (C=O) groups is 1. The molecule has 0 spiro atoms. The molecule has 102 valence electrons. The third-order valence-corrected chi connectivity index (χ3v) is 3.35. The molecule has 1 rings (SSSR count). The summed E-state index contributed by atoms with van der Waals surface area (Å²) in [6.45, 7) is 2.17. The quantitative estimate of drug-likeness (QED) is 0.618. The Morgan fingerprint density at radius 2 is 2.06 bits per heavy atom. The first kappa shape index (κ1) is 17.3. The van der Waals surface area contributed by atoms with Crippen molar-refractivity contribution in [3.8, 4) is 0 Å². The predicted molar refractivity (Wildman–Crippen MR) is 79.3 cm³/mol. The molecule has 0 radical (unpaired) electrons. The summed E-state index contributed by atoms with van der Waals surface area (Å²) in [4.78, 5) is 11.2. The Morgan fingerprint density at radius 1 is 1.39 bits per heavy atom. The van der Waals surface area contributed by atoms with E-state index in [0.717, 1.165) is 12.2 Å². The van der Waals surface area contributed by atoms with Crippen LogP contribution in [0.5, 0.6) is 0 Å². The Bertz CT molecular complexity index is 335. The van der Waals surface area contributed by atoms with Crippen LogP contribution in [0.4, 0.5) is 0 Å². The molecule has 2 N–H and O–H groups in total. The largest absolute Gasteiger partial charge is 0.465 e. The number of carbonyl (C=O) groups excluding carboxylic acids is 1. The molecule has 0 aliphatic carbocycles. The summed E-state index contributed by atoms with van der Waals surface area (Å²) >= 11 is 1.68. The second kappa shape index (κ2) is 10.2. The van der Waals surface area contributed by atoms with Crippen LogP contribution in [-0.4, -0.2) is 30.1 Å². The standard InChI is InChI=1S/C13H19NO2S.ClH/c1-2-16-13(15)12(14)10-17-9-8-11-6-4-3-5-7-11;/h3-7,12H,2,8-10,14H2,1H3;1H/t12-;/m0./s1. The van der Waals surface area contributed by atoms with Gasteiger partial charge in [0.2, 0.25) is 0 Å². The van der Waals surface area contributed by atoms with Crippen molar-refractivity contribution in [3.05, 3.63) is 35.9 Å². The van der Waals surface area contributed by atoms with Gasteiger partial charge in [-0.15, -0.1) is 12.4 Å². The van der Waals surface area contributed by atoms with E-state index in [9.17, 15) is 4.79 Å². The molecule has 0 saturated carbocycles. The monoisotopic (exact) mass is 289 g/mol. The summed E-state index contributed by atoms with van der Waals surface area (Å²) in [5.74, 6) is 1.28. The number of hydrogen-bond acceptors (Lipinski definition) is 4. The lowest BCUT2D eigenvalue weighted by Crippen LogP contribution is -2.34. The Hall–Kier alpha value is -0.710. The first-order valence-electron chi connectivity index (χ1n) is 5.78. The van der Waals surface area contributed by atoms with Crippen molar-refractivity contribution in [1.82, 2.24) is 0 Å². The number of ether oxygens (including phenoxy) is 1. The second-order valence-corrected chi connectivity index (χ2v) is 4.82. The molecule has 1 aromatic carbocycles. The number of nitrogens with two attached hydrogens (primary N) is 1. The molecule has 18 heavy (non-hydrogen) atoms. The highest BCUT2D eigenvalue weighted by Crippen LogP contribution is 2.08. The zero-order valence-electron chi connectivity index (χ0n) is 10.5. The van der Waals surface area contributed by atoms with Gasteiger partial charge in [-0.2, -0.15) is 11.8 Å². The van der Waals surface area contributed by atoms with E-state index in [1.807, 2.05) is 18.2 Å². The number of thioether (sulfide) groups is 1. The van der Waals surface area contributed by atoms with Gasteiger partial charge in [0.05, 0.1) is 6.61 Å². The normalized spacial score (nSPS) is 11.4. The SMILES string of the molecule is CCOC(=O)[C@@H](N)CSCCc1ccccc1.Cl. The van der Waals surface area contributed by atoms with Gasteiger partial charge < -0.3 is 10.5 Å². The van der Waals surface area contributed by atoms with Crippen LogP contribution in [0.3, 0.4) is 0 Å². The second-order valence-electron chi connectivity index (χ2n) is 3.67. The third kappa shape index (κ3) is 6.89. The molecule has 1 atom stereocenters. The highest BCUT2D eigenvalue weighted by Gasteiger charge is 2.13. The molecular formula is C13H20ClNO2S. The maximum Gasteiger partial charge on any atom is 0.323 e. The Labute approximate surface area is 119 Å². The van der Waals surface area contributed by atoms with Crippen molar-refractivity contribution < 1.29 is 9.53 Å². The molecule has 1 aromatic rings. The van der Waals surface area contributed by atoms with Crippen LogP contribution in [0.1, 0.15) is 12.5 Å². The van der Waals surface area contributed by atoms with Gasteiger partial charge in [0.25, 0.3) is 0 Å². The summed E-state index contributed by atoms with van der Waals surface area (Å²) in [5.41, 5.74) is 7.00. The zero-order valence-corrected chi connectivity index (χ0v) is 12.1. The molecule has 0 aromatic heterocycles. The van der Waals surface area contributed by atoms with Gasteiger partial charge in [0.15, 0.2) is 0 Å². The van der Waals surface area contributed by atoms with Crippen LogP contribution in [0, 0.1) is 0 Å². The number of halogens is 1. The number of esters is 1. The van der Waals surface area contributed by atoms with Crippen molar-refractivity contribution in [2.75, 3.05) is 18.1 Å². The molecule has 0 saturated heterocycles. The average molecular weight is 290 g/mol. The van der Waals surface area contributed by atoms with Crippen molar-refractivity contribution in [1.29, 1.82) is 0 Å². The smallest absolute Gasteiger partial charge is 0.323 e. The molecule has 0 aliphatic heterocycles. The minimum atomic E-state index is -0.504. The minimum Gasteiger partial charge on any atom is -0.465 e. The lowest BCUT2D eigenvalue weighted by molar-refractivity contribution is -0.144. The highest BCUT2D eigenvalue weighted by atomic mass is 35.5. The number of hydrogen-bond donors (Lipinski definition) is 1. The summed E-state index contributed by atoms with van der Waals surface area (Å²) < 4.78 is 4.84. The zero-order chi connectivity index (χ0) is 12.5. The van der Waals surface area contributed by atoms with Crippen LogP contribution in [0.25, 0.3) is 0 Å². The van der Waals surface area contributed by atoms with E-state index in [-0.39, 0.29) is 18.4 Å². The van der Waals surface area contributed by atoms with Gasteiger partial charge in [0, 0.05) is 5.75 Å². The van der Waals surface area contributed by atoms with Crippen LogP contribution >= 0.6 is 24.2 Å². The number of rotatable bonds is 7. The molecule has 0 fully saturated rings. The van der Waals surface area contributed by atoms with E-state index in [1.165, 1.54) is 5.56 Å². The van der Waals surface area contributed by atoms with E-state index in [0.29, 0.717) is 12.4 Å². The third-order valence-electron chi connectivity index (χ3n) is 2.26. The molecule has 0 heterocycles. The fourth-order valence-corrected chi connectivity index (χ4v) is 2.30. The fourth-order valence-electron chi connectivity index (χ4n) is 1.36. The van der Waals surface area contributed by atoms with Gasteiger partial charge in [-0.1, -0.05) is 30.3 Å². The maximum atomic E-state index is 11.2. The molecule has 0 amide bonds. The first-order chi connectivity index (χ1) is 8.24. The van der Waals surface area contributed by atoms with Crippen LogP contribution < -0.4 is 5.73 Å². The van der Waals surface area contributed by atoms with Crippen LogP contribution in [0.15, 0.2) is 30.3 Å². The molecule has 0 unspecified atom stereocenters. The van der Waals surface area contributed by atoms with E-state index in [2.05, 4.69) is 12.1 Å². The summed E-state index contributed by atoms with van der Waals surface area (Å²) in [6, 6.07) is 9.77. The lowest BCUT2D eigenvalue weighted by atomic mass is 10.2. The fraction of sp³-hybridized carbons (Fsp3) is 0.462. The van der Waals surface area contributed by atoms with Crippen molar-refractivity contribution in [2.45, 2.75) is 19.4 Å². The maximum absolute atomic E-state index is 11.2. The topological polar surface area (TPSA) is 52.3 Å². The highest BCUT2D eigenvalue weighted by molar-refractivity contribution is 7.99. The van der Waals surface area contributed by atoms with E-state index in [1.54, 1.807) is 18.7 Å². The average Bonchev–Trinajstić information content (AvgIpc) is 2.36. The van der Waals surface area contributed by atoms with Gasteiger partial charge in [-0.05, 0) is 24.7 Å². The van der Waals surface area contributed by atoms with Gasteiger partial charge in [-0.3, -0.25) is 4.79 Å². The van der Waals surface area contributed by atoms with E-state index < -0.39 is 6.04 Å².